The van der Waals surface area contributed by atoms with Crippen LogP contribution in [0.25, 0.3) is 11.3 Å². The summed E-state index contributed by atoms with van der Waals surface area (Å²) in [4.78, 5) is 12.8. The molecule has 0 bridgehead atoms. The Balaban J connectivity index is 1.57. The molecule has 1 amide bonds. The second-order valence-corrected chi connectivity index (χ2v) is 12.4. The highest BCUT2D eigenvalue weighted by Gasteiger charge is 2.32. The summed E-state index contributed by atoms with van der Waals surface area (Å²) in [5.41, 5.74) is 4.15. The topological polar surface area (TPSA) is 99.5 Å². The maximum atomic E-state index is 12.8. The Labute approximate surface area is 222 Å². The van der Waals surface area contributed by atoms with E-state index in [2.05, 4.69) is 5.32 Å². The van der Waals surface area contributed by atoms with Crippen LogP contribution in [0.15, 0.2) is 36.4 Å². The molecule has 0 saturated carbocycles. The van der Waals surface area contributed by atoms with Crippen LogP contribution in [0.5, 0.6) is 11.5 Å². The normalized spacial score (nSPS) is 16.7. The fraction of sp³-hybridized carbons (Fsp3) is 0.407. The number of nitrogens with one attached hydrogen (secondary N) is 1. The summed E-state index contributed by atoms with van der Waals surface area (Å²) >= 11 is 6.22. The molecule has 1 aliphatic rings. The van der Waals surface area contributed by atoms with Crippen LogP contribution in [-0.2, 0) is 14.6 Å². The number of carbonyl (C=O) groups is 1. The molecule has 8 nitrogen and oxygen atoms in total. The number of carbonyl (C=O) groups excluding carboxylic acids is 1. The lowest BCUT2D eigenvalue weighted by Crippen LogP contribution is -2.23. The van der Waals surface area contributed by atoms with Gasteiger partial charge < -0.3 is 14.8 Å². The van der Waals surface area contributed by atoms with E-state index in [1.165, 1.54) is 0 Å². The minimum atomic E-state index is -3.15. The summed E-state index contributed by atoms with van der Waals surface area (Å²) in [6.45, 7) is 9.44. The summed E-state index contributed by atoms with van der Waals surface area (Å²) in [5, 5.41) is 8.23. The Hall–Kier alpha value is -3.04. The Bertz CT molecular complexity index is 1410. The zero-order chi connectivity index (χ0) is 26.9. The number of hydrogen-bond donors (Lipinski definition) is 1. The number of nitrogens with zero attached hydrogens (tertiary/aromatic N) is 2. The van der Waals surface area contributed by atoms with E-state index < -0.39 is 9.84 Å². The largest absolute Gasteiger partial charge is 0.491 e. The van der Waals surface area contributed by atoms with Crippen molar-refractivity contribution < 1.29 is 22.7 Å². The molecule has 1 aliphatic heterocycles. The molecule has 198 valence electrons. The number of hydrogen-bond acceptors (Lipinski definition) is 6. The SMILES string of the molecule is Cc1cc(-c2cc(NC(=O)COc3cc(C)c(Cl)c(C)c3)n([C@H]3CCS(=O)(=O)C3)n2)ccc1OC(C)C. The van der Waals surface area contributed by atoms with Crippen molar-refractivity contribution >= 4 is 33.2 Å². The second kappa shape index (κ2) is 10.8. The fourth-order valence-corrected chi connectivity index (χ4v) is 6.19. The van der Waals surface area contributed by atoms with E-state index in [-0.39, 0.29) is 36.2 Å². The number of halogens is 1. The average molecular weight is 546 g/mol. The smallest absolute Gasteiger partial charge is 0.263 e. The van der Waals surface area contributed by atoms with Crippen LogP contribution in [0, 0.1) is 20.8 Å². The molecule has 4 rings (SSSR count). The molecular formula is C27H32ClN3O5S. The number of aryl methyl sites for hydroxylation is 3. The molecule has 0 unspecified atom stereocenters. The van der Waals surface area contributed by atoms with Crippen LogP contribution in [0.1, 0.15) is 43.0 Å². The van der Waals surface area contributed by atoms with E-state index in [0.29, 0.717) is 28.7 Å². The minimum Gasteiger partial charge on any atom is -0.491 e. The number of ether oxygens (including phenoxy) is 2. The van der Waals surface area contributed by atoms with E-state index in [1.807, 2.05) is 52.8 Å². The number of aromatic nitrogens is 2. The van der Waals surface area contributed by atoms with Gasteiger partial charge in [0, 0.05) is 16.7 Å². The Morgan fingerprint density at radius 3 is 2.43 bits per heavy atom. The average Bonchev–Trinajstić information content (AvgIpc) is 3.39. The van der Waals surface area contributed by atoms with Gasteiger partial charge in [0.05, 0.1) is 29.3 Å². The molecule has 1 atom stereocenters. The van der Waals surface area contributed by atoms with E-state index in [9.17, 15) is 13.2 Å². The van der Waals surface area contributed by atoms with Crippen LogP contribution in [0.4, 0.5) is 5.82 Å². The lowest BCUT2D eigenvalue weighted by atomic mass is 10.1. The quantitative estimate of drug-likeness (QED) is 0.413. The Morgan fingerprint density at radius 2 is 1.84 bits per heavy atom. The summed E-state index contributed by atoms with van der Waals surface area (Å²) in [7, 11) is -3.15. The Kier molecular flexibility index (Phi) is 7.85. The maximum Gasteiger partial charge on any atom is 0.263 e. The molecule has 10 heteroatoms. The predicted molar refractivity (Wildman–Crippen MR) is 146 cm³/mol. The zero-order valence-corrected chi connectivity index (χ0v) is 23.2. The molecule has 2 aromatic carbocycles. The number of anilines is 1. The van der Waals surface area contributed by atoms with Crippen molar-refractivity contribution in [3.8, 4) is 22.8 Å². The third-order valence-corrected chi connectivity index (χ3v) is 8.52. The van der Waals surface area contributed by atoms with Crippen LogP contribution >= 0.6 is 11.6 Å². The molecular weight excluding hydrogens is 514 g/mol. The first-order valence-electron chi connectivity index (χ1n) is 12.2. The van der Waals surface area contributed by atoms with Crippen molar-refractivity contribution in [3.05, 3.63) is 58.1 Å². The van der Waals surface area contributed by atoms with Crippen molar-refractivity contribution in [2.24, 2.45) is 0 Å². The molecule has 1 saturated heterocycles. The molecule has 0 radical (unpaired) electrons. The second-order valence-electron chi connectivity index (χ2n) is 9.77. The van der Waals surface area contributed by atoms with Crippen LogP contribution in [0.3, 0.4) is 0 Å². The van der Waals surface area contributed by atoms with Crippen LogP contribution in [0.2, 0.25) is 5.02 Å². The highest BCUT2D eigenvalue weighted by Crippen LogP contribution is 2.32. The highest BCUT2D eigenvalue weighted by atomic mass is 35.5. The van der Waals surface area contributed by atoms with E-state index >= 15 is 0 Å². The summed E-state index contributed by atoms with van der Waals surface area (Å²) in [6, 6.07) is 10.7. The summed E-state index contributed by atoms with van der Waals surface area (Å²) in [6.07, 6.45) is 0.490. The van der Waals surface area contributed by atoms with E-state index in [4.69, 9.17) is 26.2 Å². The van der Waals surface area contributed by atoms with Crippen molar-refractivity contribution in [2.45, 2.75) is 53.2 Å². The summed E-state index contributed by atoms with van der Waals surface area (Å²) < 4.78 is 37.5. The standard InChI is InChI=1S/C27H32ClN3O5S/c1-16(2)36-24-7-6-20(10-17(24)3)23-13-25(31(30-23)21-8-9-37(33,34)15-21)29-26(32)14-35-22-11-18(4)27(28)19(5)12-22/h6-7,10-13,16,21H,8-9,14-15H2,1-5H3,(H,29,32)/t21-/m0/s1. The number of sulfone groups is 1. The van der Waals surface area contributed by atoms with Gasteiger partial charge in [-0.05, 0) is 88.1 Å². The van der Waals surface area contributed by atoms with Gasteiger partial charge in [-0.2, -0.15) is 5.10 Å². The van der Waals surface area contributed by atoms with Gasteiger partial charge in [0.2, 0.25) is 0 Å². The minimum absolute atomic E-state index is 0.0169. The van der Waals surface area contributed by atoms with Crippen molar-refractivity contribution in [3.63, 3.8) is 0 Å². The van der Waals surface area contributed by atoms with Crippen LogP contribution < -0.4 is 14.8 Å². The van der Waals surface area contributed by atoms with Gasteiger partial charge in [-0.25, -0.2) is 13.1 Å². The first kappa shape index (κ1) is 27.0. The lowest BCUT2D eigenvalue weighted by Gasteiger charge is -2.14. The van der Waals surface area contributed by atoms with Crippen molar-refractivity contribution in [2.75, 3.05) is 23.4 Å². The lowest BCUT2D eigenvalue weighted by molar-refractivity contribution is -0.118. The van der Waals surface area contributed by atoms with Crippen molar-refractivity contribution in [1.82, 2.24) is 9.78 Å². The van der Waals surface area contributed by atoms with Gasteiger partial charge in [0.25, 0.3) is 5.91 Å². The van der Waals surface area contributed by atoms with Gasteiger partial charge in [-0.3, -0.25) is 4.79 Å². The number of rotatable bonds is 8. The predicted octanol–water partition coefficient (Wildman–Crippen LogP) is 5.29. The van der Waals surface area contributed by atoms with Gasteiger partial charge in [-0.1, -0.05) is 11.6 Å². The molecule has 1 fully saturated rings. The van der Waals surface area contributed by atoms with Crippen molar-refractivity contribution in [1.29, 1.82) is 0 Å². The molecule has 1 aromatic heterocycles. The number of benzene rings is 2. The molecule has 0 aliphatic carbocycles. The number of amides is 1. The van der Waals surface area contributed by atoms with E-state index in [0.717, 1.165) is 28.0 Å². The molecule has 37 heavy (non-hydrogen) atoms. The van der Waals surface area contributed by atoms with Gasteiger partial charge >= 0.3 is 0 Å². The van der Waals surface area contributed by atoms with Gasteiger partial charge in [0.1, 0.15) is 17.3 Å². The fourth-order valence-electron chi connectivity index (χ4n) is 4.39. The summed E-state index contributed by atoms with van der Waals surface area (Å²) in [5.74, 6) is 1.46. The zero-order valence-electron chi connectivity index (χ0n) is 21.7. The Morgan fingerprint density at radius 1 is 1.14 bits per heavy atom. The third kappa shape index (κ3) is 6.45. The van der Waals surface area contributed by atoms with Crippen LogP contribution in [-0.4, -0.2) is 48.3 Å². The first-order valence-corrected chi connectivity index (χ1v) is 14.4. The maximum absolute atomic E-state index is 12.8. The molecule has 3 aromatic rings. The molecule has 1 N–H and O–H groups in total. The molecule has 0 spiro atoms. The third-order valence-electron chi connectivity index (χ3n) is 6.17. The highest BCUT2D eigenvalue weighted by molar-refractivity contribution is 7.91. The van der Waals surface area contributed by atoms with E-state index in [1.54, 1.807) is 22.9 Å². The van der Waals surface area contributed by atoms with Gasteiger partial charge in [0.15, 0.2) is 16.4 Å². The van der Waals surface area contributed by atoms with Gasteiger partial charge in [-0.15, -0.1) is 0 Å². The first-order chi connectivity index (χ1) is 17.4. The monoisotopic (exact) mass is 545 g/mol. The molecule has 2 heterocycles.